The molecule has 0 aromatic carbocycles. The lowest BCUT2D eigenvalue weighted by Crippen LogP contribution is -2.48. The van der Waals surface area contributed by atoms with Gasteiger partial charge in [0.25, 0.3) is 0 Å². The number of pyridine rings is 1. The molecule has 3 aliphatic rings. The molecule has 2 aromatic heterocycles. The van der Waals surface area contributed by atoms with Gasteiger partial charge in [0, 0.05) is 55.5 Å². The van der Waals surface area contributed by atoms with Crippen LogP contribution in [0.2, 0.25) is 0 Å². The molecule has 2 aliphatic heterocycles. The largest absolute Gasteiger partial charge is 0.383 e. The summed E-state index contributed by atoms with van der Waals surface area (Å²) in [6.07, 6.45) is 9.03. The Morgan fingerprint density at radius 3 is 3.00 bits per heavy atom. The third-order valence-corrected chi connectivity index (χ3v) is 8.10. The third-order valence-electron chi connectivity index (χ3n) is 6.89. The first-order valence-electron chi connectivity index (χ1n) is 11.0. The van der Waals surface area contributed by atoms with Crippen LogP contribution < -0.4 is 4.90 Å². The fourth-order valence-electron chi connectivity index (χ4n) is 5.31. The molecular weight excluding hydrogens is 410 g/mol. The van der Waals surface area contributed by atoms with Crippen LogP contribution in [0.3, 0.4) is 0 Å². The molecule has 8 heteroatoms. The second kappa shape index (κ2) is 7.98. The number of carbonyl (C=O) groups is 1. The molecule has 0 radical (unpaired) electrons. The van der Waals surface area contributed by atoms with Gasteiger partial charge in [0.1, 0.15) is 11.4 Å². The highest BCUT2D eigenvalue weighted by atomic mass is 32.2. The number of fused-ring (bicyclic) bond motifs is 1. The summed E-state index contributed by atoms with van der Waals surface area (Å²) < 4.78 is 0. The minimum Gasteiger partial charge on any atom is -0.383 e. The molecule has 164 valence electrons. The predicted molar refractivity (Wildman–Crippen MR) is 122 cm³/mol. The second-order valence-corrected chi connectivity index (χ2v) is 10.2. The van der Waals surface area contributed by atoms with E-state index >= 15 is 0 Å². The van der Waals surface area contributed by atoms with Crippen LogP contribution in [-0.4, -0.2) is 63.5 Å². The van der Waals surface area contributed by atoms with Crippen molar-refractivity contribution in [1.82, 2.24) is 20.1 Å². The van der Waals surface area contributed by atoms with Crippen molar-refractivity contribution in [2.75, 3.05) is 31.3 Å². The third kappa shape index (κ3) is 3.76. The van der Waals surface area contributed by atoms with Gasteiger partial charge in [0.05, 0.1) is 17.8 Å². The molecule has 0 spiro atoms. The van der Waals surface area contributed by atoms with Crippen LogP contribution in [0.4, 0.5) is 5.82 Å². The zero-order chi connectivity index (χ0) is 21.6. The van der Waals surface area contributed by atoms with E-state index in [1.165, 1.54) is 0 Å². The fourth-order valence-corrected chi connectivity index (χ4v) is 6.44. The maximum absolute atomic E-state index is 13.5. The minimum atomic E-state index is -0.980. The highest BCUT2D eigenvalue weighted by molar-refractivity contribution is 8.08. The van der Waals surface area contributed by atoms with Gasteiger partial charge < -0.3 is 14.9 Å². The molecule has 2 fully saturated rings. The van der Waals surface area contributed by atoms with E-state index in [2.05, 4.69) is 21.2 Å². The van der Waals surface area contributed by atoms with Crippen molar-refractivity contribution in [3.05, 3.63) is 47.9 Å². The fraction of sp³-hybridized carbons (Fsp3) is 0.522. The van der Waals surface area contributed by atoms with Gasteiger partial charge in [-0.1, -0.05) is 12.1 Å². The molecule has 5 rings (SSSR count). The molecule has 2 N–H and O–H groups in total. The molecule has 7 nitrogen and oxygen atoms in total. The van der Waals surface area contributed by atoms with E-state index in [1.54, 1.807) is 18.0 Å². The van der Waals surface area contributed by atoms with Crippen molar-refractivity contribution < 1.29 is 9.90 Å². The zero-order valence-corrected chi connectivity index (χ0v) is 18.8. The maximum Gasteiger partial charge on any atom is 0.230 e. The van der Waals surface area contributed by atoms with E-state index < -0.39 is 5.60 Å². The first-order valence-corrected chi connectivity index (χ1v) is 11.9. The first-order chi connectivity index (χ1) is 14.9. The number of H-pyrrole nitrogens is 1. The Labute approximate surface area is 186 Å². The summed E-state index contributed by atoms with van der Waals surface area (Å²) in [5.41, 5.74) is 0.782. The lowest BCUT2D eigenvalue weighted by molar-refractivity contribution is -0.138. The topological polar surface area (TPSA) is 85.4 Å². The van der Waals surface area contributed by atoms with E-state index in [0.29, 0.717) is 18.8 Å². The second-order valence-electron chi connectivity index (χ2n) is 9.15. The van der Waals surface area contributed by atoms with Crippen LogP contribution in [0.5, 0.6) is 0 Å². The summed E-state index contributed by atoms with van der Waals surface area (Å²) in [4.78, 5) is 23.3. The number of rotatable bonds is 4. The van der Waals surface area contributed by atoms with Crippen LogP contribution in [-0.2, 0) is 10.4 Å². The number of hydrogen-bond donors (Lipinski definition) is 2. The van der Waals surface area contributed by atoms with E-state index in [9.17, 15) is 9.90 Å². The highest BCUT2D eigenvalue weighted by Crippen LogP contribution is 2.48. The number of nitrogens with zero attached hydrogens (tertiary/aromatic N) is 4. The molecule has 4 heterocycles. The lowest BCUT2D eigenvalue weighted by atomic mass is 9.90. The molecule has 31 heavy (non-hydrogen) atoms. The van der Waals surface area contributed by atoms with Crippen molar-refractivity contribution in [2.45, 2.75) is 37.3 Å². The van der Waals surface area contributed by atoms with E-state index in [0.717, 1.165) is 47.1 Å². The van der Waals surface area contributed by atoms with Gasteiger partial charge in [-0.2, -0.15) is 5.10 Å². The Kier molecular flexibility index (Phi) is 5.30. The van der Waals surface area contributed by atoms with E-state index in [1.807, 2.05) is 43.4 Å². The average molecular weight is 440 g/mol. The number of aromatic nitrogens is 3. The quantitative estimate of drug-likeness (QED) is 0.762. The van der Waals surface area contributed by atoms with Crippen molar-refractivity contribution in [3.8, 4) is 0 Å². The number of aromatic amines is 1. The minimum absolute atomic E-state index is 0.0763. The number of likely N-dealkylation sites (tertiary alicyclic amines) is 1. The van der Waals surface area contributed by atoms with Gasteiger partial charge in [-0.3, -0.25) is 9.89 Å². The number of piperidine rings is 1. The van der Waals surface area contributed by atoms with Crippen LogP contribution in [0.1, 0.15) is 36.9 Å². The van der Waals surface area contributed by atoms with Crippen molar-refractivity contribution in [3.63, 3.8) is 0 Å². The van der Waals surface area contributed by atoms with Crippen molar-refractivity contribution >= 4 is 28.4 Å². The Bertz CT molecular complexity index is 992. The molecule has 4 unspecified atom stereocenters. The van der Waals surface area contributed by atoms with Gasteiger partial charge in [0.15, 0.2) is 0 Å². The molecule has 1 saturated heterocycles. The number of hydrogen-bond acceptors (Lipinski definition) is 6. The van der Waals surface area contributed by atoms with Crippen LogP contribution in [0.25, 0.3) is 4.91 Å². The van der Waals surface area contributed by atoms with Gasteiger partial charge in [-0.25, -0.2) is 4.98 Å². The molecular formula is C23H29N5O2S. The number of anilines is 1. The summed E-state index contributed by atoms with van der Waals surface area (Å²) in [6.45, 7) is 0.775. The van der Waals surface area contributed by atoms with Gasteiger partial charge in [-0.15, -0.1) is 11.8 Å². The van der Waals surface area contributed by atoms with E-state index in [-0.39, 0.29) is 17.9 Å². The number of thioether (sulfide) groups is 1. The smallest absolute Gasteiger partial charge is 0.230 e. The standard InChI is InChI=1S/C23H29N5O2S/c1-27(2)21-7-3-6-20(26-21)23(30)10-15-5-4-8-28(18(15)11-23)22(29)16-9-19(31-14-16)17-12-24-25-13-17/h3,6-7,9,12-13,15-16,18,30H,4-5,8,10-11,14H2,1-2H3,(H,24,25). The molecule has 1 saturated carbocycles. The zero-order valence-electron chi connectivity index (χ0n) is 18.0. The Balaban J connectivity index is 1.36. The van der Waals surface area contributed by atoms with Gasteiger partial charge >= 0.3 is 0 Å². The average Bonchev–Trinajstić information content (AvgIpc) is 3.51. The van der Waals surface area contributed by atoms with Crippen LogP contribution in [0.15, 0.2) is 36.7 Å². The summed E-state index contributed by atoms with van der Waals surface area (Å²) in [5, 5.41) is 18.5. The Morgan fingerprint density at radius 2 is 2.23 bits per heavy atom. The summed E-state index contributed by atoms with van der Waals surface area (Å²) >= 11 is 1.72. The van der Waals surface area contributed by atoms with Crippen molar-refractivity contribution in [2.24, 2.45) is 11.8 Å². The number of aliphatic hydroxyl groups is 1. The maximum atomic E-state index is 13.5. The normalized spacial score (nSPS) is 30.2. The SMILES string of the molecule is CN(C)c1cccc(C2(O)CC3CCCN(C(=O)C4C=C(c5cn[nH]c5)SC4)C3C2)n1. The Hall–Kier alpha value is -2.32. The number of amides is 1. The molecule has 4 atom stereocenters. The monoisotopic (exact) mass is 439 g/mol. The molecule has 0 bridgehead atoms. The molecule has 2 aromatic rings. The summed E-state index contributed by atoms with van der Waals surface area (Å²) in [5.74, 6) is 2.01. The molecule has 1 aliphatic carbocycles. The number of nitrogens with one attached hydrogen (secondary N) is 1. The van der Waals surface area contributed by atoms with Crippen LogP contribution >= 0.6 is 11.8 Å². The predicted octanol–water partition coefficient (Wildman–Crippen LogP) is 2.86. The first kappa shape index (κ1) is 20.6. The van der Waals surface area contributed by atoms with Gasteiger partial charge in [-0.05, 0) is 37.3 Å². The highest BCUT2D eigenvalue weighted by Gasteiger charge is 2.51. The van der Waals surface area contributed by atoms with Gasteiger partial charge in [0.2, 0.25) is 5.91 Å². The van der Waals surface area contributed by atoms with Crippen LogP contribution in [0, 0.1) is 11.8 Å². The summed E-state index contributed by atoms with van der Waals surface area (Å²) in [7, 11) is 3.91. The molecule has 1 amide bonds. The lowest BCUT2D eigenvalue weighted by Gasteiger charge is -2.38. The summed E-state index contributed by atoms with van der Waals surface area (Å²) in [6, 6.07) is 5.90. The van der Waals surface area contributed by atoms with Crippen molar-refractivity contribution in [1.29, 1.82) is 0 Å². The Morgan fingerprint density at radius 1 is 1.35 bits per heavy atom. The van der Waals surface area contributed by atoms with E-state index in [4.69, 9.17) is 4.98 Å². The number of carbonyl (C=O) groups excluding carboxylic acids is 1.